The number of carboxylic acid groups (broad SMARTS) is 1. The van der Waals surface area contributed by atoms with Crippen molar-refractivity contribution in [3.05, 3.63) is 6.33 Å². The maximum atomic E-state index is 11.8. The second-order valence-electron chi connectivity index (χ2n) is 5.42. The highest BCUT2D eigenvalue weighted by Gasteiger charge is 2.21. The number of anilines is 1. The molecule has 0 fully saturated rings. The van der Waals surface area contributed by atoms with Crippen LogP contribution in [-0.2, 0) is 14.4 Å². The molecule has 0 aliphatic heterocycles. The van der Waals surface area contributed by atoms with Crippen LogP contribution in [0.1, 0.15) is 25.7 Å². The first-order valence-corrected chi connectivity index (χ1v) is 8.75. The predicted molar refractivity (Wildman–Crippen MR) is 94.0 cm³/mol. The molecule has 0 spiro atoms. The topological polar surface area (TPSA) is 190 Å². The fourth-order valence-corrected chi connectivity index (χ4v) is 3.15. The Morgan fingerprint density at radius 2 is 2.08 bits per heavy atom. The molecule has 2 aromatic heterocycles. The first-order valence-electron chi connectivity index (χ1n) is 7.76. The molecule has 0 radical (unpaired) electrons. The van der Waals surface area contributed by atoms with E-state index in [1.807, 2.05) is 0 Å². The lowest BCUT2D eigenvalue weighted by molar-refractivity contribution is -0.143. The van der Waals surface area contributed by atoms with Crippen LogP contribution < -0.4 is 16.8 Å². The van der Waals surface area contributed by atoms with E-state index in [9.17, 15) is 14.4 Å². The Bertz CT molecular complexity index is 810. The number of amides is 2. The summed E-state index contributed by atoms with van der Waals surface area (Å²) >= 11 is 1.46. The molecular formula is C14H19N7O4S. The SMILES string of the molecule is NC(=O)CC(NC(=O)CCCCSc1nc(N)nc2nc[nH]c12)C(=O)O. The van der Waals surface area contributed by atoms with E-state index in [-0.39, 0.29) is 12.4 Å². The summed E-state index contributed by atoms with van der Waals surface area (Å²) in [6, 6.07) is -1.30. The third kappa shape index (κ3) is 5.58. The monoisotopic (exact) mass is 381 g/mol. The van der Waals surface area contributed by atoms with Crippen LogP contribution in [0.4, 0.5) is 5.95 Å². The number of rotatable bonds is 10. The van der Waals surface area contributed by atoms with Crippen molar-refractivity contribution in [3.8, 4) is 0 Å². The zero-order chi connectivity index (χ0) is 19.1. The molecule has 12 heteroatoms. The summed E-state index contributed by atoms with van der Waals surface area (Å²) in [7, 11) is 0. The molecule has 2 aromatic rings. The molecule has 1 atom stereocenters. The van der Waals surface area contributed by atoms with Gasteiger partial charge in [-0.05, 0) is 18.6 Å². The second-order valence-corrected chi connectivity index (χ2v) is 6.51. The number of aliphatic carboxylic acids is 1. The molecule has 2 amide bonds. The molecule has 1 unspecified atom stereocenters. The number of nitrogen functional groups attached to an aromatic ring is 1. The summed E-state index contributed by atoms with van der Waals surface area (Å²) in [5, 5.41) is 11.9. The van der Waals surface area contributed by atoms with Gasteiger partial charge in [0.05, 0.1) is 12.7 Å². The van der Waals surface area contributed by atoms with Crippen molar-refractivity contribution >= 4 is 46.7 Å². The molecule has 0 aromatic carbocycles. The van der Waals surface area contributed by atoms with Crippen LogP contribution >= 0.6 is 11.8 Å². The van der Waals surface area contributed by atoms with Crippen molar-refractivity contribution in [1.29, 1.82) is 0 Å². The summed E-state index contributed by atoms with van der Waals surface area (Å²) in [6.07, 6.45) is 2.47. The molecule has 0 bridgehead atoms. The Labute approximate surface area is 152 Å². The lowest BCUT2D eigenvalue weighted by Gasteiger charge is -2.12. The maximum Gasteiger partial charge on any atom is 0.326 e. The number of carbonyl (C=O) groups is 3. The fraction of sp³-hybridized carbons (Fsp3) is 0.429. The number of carbonyl (C=O) groups excluding carboxylic acids is 2. The van der Waals surface area contributed by atoms with Crippen LogP contribution in [0.5, 0.6) is 0 Å². The van der Waals surface area contributed by atoms with E-state index in [1.54, 1.807) is 0 Å². The Hall–Kier alpha value is -2.89. The molecule has 0 aliphatic rings. The number of nitrogens with zero attached hydrogens (tertiary/aromatic N) is 3. The molecule has 26 heavy (non-hydrogen) atoms. The summed E-state index contributed by atoms with van der Waals surface area (Å²) in [4.78, 5) is 48.7. The zero-order valence-electron chi connectivity index (χ0n) is 13.8. The van der Waals surface area contributed by atoms with Gasteiger partial charge in [-0.15, -0.1) is 11.8 Å². The van der Waals surface area contributed by atoms with Crippen molar-refractivity contribution in [2.45, 2.75) is 36.8 Å². The van der Waals surface area contributed by atoms with Gasteiger partial charge in [0, 0.05) is 6.42 Å². The Morgan fingerprint density at radius 3 is 2.77 bits per heavy atom. The molecule has 7 N–H and O–H groups in total. The van der Waals surface area contributed by atoms with Crippen molar-refractivity contribution in [2.24, 2.45) is 5.73 Å². The van der Waals surface area contributed by atoms with Crippen LogP contribution in [0, 0.1) is 0 Å². The summed E-state index contributed by atoms with van der Waals surface area (Å²) in [5.41, 5.74) is 11.8. The van der Waals surface area contributed by atoms with Gasteiger partial charge < -0.3 is 26.9 Å². The Kier molecular flexibility index (Phi) is 6.72. The van der Waals surface area contributed by atoms with Crippen molar-refractivity contribution < 1.29 is 19.5 Å². The minimum atomic E-state index is -1.30. The van der Waals surface area contributed by atoms with Gasteiger partial charge in [0.2, 0.25) is 17.8 Å². The molecule has 2 heterocycles. The van der Waals surface area contributed by atoms with Gasteiger partial charge >= 0.3 is 5.97 Å². The lowest BCUT2D eigenvalue weighted by Crippen LogP contribution is -2.43. The highest BCUT2D eigenvalue weighted by molar-refractivity contribution is 7.99. The number of fused-ring (bicyclic) bond motifs is 1. The smallest absolute Gasteiger partial charge is 0.326 e. The predicted octanol–water partition coefficient (Wildman–Crippen LogP) is -0.358. The minimum Gasteiger partial charge on any atom is -0.480 e. The summed E-state index contributed by atoms with van der Waals surface area (Å²) in [5.74, 6) is -1.70. The van der Waals surface area contributed by atoms with Crippen LogP contribution in [0.3, 0.4) is 0 Å². The average Bonchev–Trinajstić information content (AvgIpc) is 3.01. The number of hydrogen-bond donors (Lipinski definition) is 5. The highest BCUT2D eigenvalue weighted by Crippen LogP contribution is 2.24. The maximum absolute atomic E-state index is 11.8. The third-order valence-electron chi connectivity index (χ3n) is 3.35. The highest BCUT2D eigenvalue weighted by atomic mass is 32.2. The number of thioether (sulfide) groups is 1. The van der Waals surface area contributed by atoms with Gasteiger partial charge in [0.15, 0.2) is 5.65 Å². The molecule has 0 saturated heterocycles. The van der Waals surface area contributed by atoms with E-state index in [0.717, 1.165) is 0 Å². The number of carboxylic acids is 1. The van der Waals surface area contributed by atoms with Crippen molar-refractivity contribution in [2.75, 3.05) is 11.5 Å². The number of imidazole rings is 1. The van der Waals surface area contributed by atoms with E-state index in [1.165, 1.54) is 18.1 Å². The second kappa shape index (κ2) is 8.99. The standard InChI is InChI=1S/C14H19N7O4S/c15-8(22)5-7(13(24)25)19-9(23)3-1-2-4-26-12-10-11(18-6-17-10)20-14(16)21-12/h6-7H,1-5H2,(H2,15,22)(H,19,23)(H,24,25)(H3,16,17,18,20,21). The van der Waals surface area contributed by atoms with Crippen LogP contribution in [0.15, 0.2) is 11.4 Å². The van der Waals surface area contributed by atoms with E-state index in [2.05, 4.69) is 25.3 Å². The Morgan fingerprint density at radius 1 is 1.31 bits per heavy atom. The molecule has 11 nitrogen and oxygen atoms in total. The van der Waals surface area contributed by atoms with Crippen LogP contribution in [0.2, 0.25) is 0 Å². The summed E-state index contributed by atoms with van der Waals surface area (Å²) < 4.78 is 0. The number of nitrogens with two attached hydrogens (primary N) is 2. The fourth-order valence-electron chi connectivity index (χ4n) is 2.15. The molecule has 0 saturated carbocycles. The Balaban J connectivity index is 1.74. The first kappa shape index (κ1) is 19.4. The van der Waals surface area contributed by atoms with Gasteiger partial charge in [-0.25, -0.2) is 14.8 Å². The normalized spacial score (nSPS) is 12.0. The van der Waals surface area contributed by atoms with E-state index < -0.39 is 30.2 Å². The zero-order valence-corrected chi connectivity index (χ0v) is 14.6. The van der Waals surface area contributed by atoms with Gasteiger partial charge in [-0.3, -0.25) is 9.59 Å². The lowest BCUT2D eigenvalue weighted by atomic mass is 10.2. The van der Waals surface area contributed by atoms with Crippen molar-refractivity contribution in [3.63, 3.8) is 0 Å². The minimum absolute atomic E-state index is 0.139. The van der Waals surface area contributed by atoms with Gasteiger partial charge in [0.1, 0.15) is 16.6 Å². The first-order chi connectivity index (χ1) is 12.4. The van der Waals surface area contributed by atoms with E-state index >= 15 is 0 Å². The molecule has 2 rings (SSSR count). The number of nitrogens with one attached hydrogen (secondary N) is 2. The largest absolute Gasteiger partial charge is 0.480 e. The van der Waals surface area contributed by atoms with Crippen LogP contribution in [0.25, 0.3) is 11.2 Å². The third-order valence-corrected chi connectivity index (χ3v) is 4.41. The quantitative estimate of drug-likeness (QED) is 0.208. The number of hydrogen-bond acceptors (Lipinski definition) is 8. The van der Waals surface area contributed by atoms with Gasteiger partial charge in [0.25, 0.3) is 0 Å². The average molecular weight is 381 g/mol. The number of H-pyrrole nitrogens is 1. The van der Waals surface area contributed by atoms with E-state index in [0.29, 0.717) is 34.8 Å². The molecular weight excluding hydrogens is 362 g/mol. The van der Waals surface area contributed by atoms with E-state index in [4.69, 9.17) is 16.6 Å². The molecule has 140 valence electrons. The van der Waals surface area contributed by atoms with Crippen LogP contribution in [-0.4, -0.2) is 54.6 Å². The van der Waals surface area contributed by atoms with Crippen molar-refractivity contribution in [1.82, 2.24) is 25.3 Å². The van der Waals surface area contributed by atoms with Gasteiger partial charge in [-0.1, -0.05) is 0 Å². The number of aromatic amines is 1. The number of aromatic nitrogens is 4. The molecule has 0 aliphatic carbocycles. The van der Waals surface area contributed by atoms with Gasteiger partial charge in [-0.2, -0.15) is 4.98 Å². The summed E-state index contributed by atoms with van der Waals surface area (Å²) in [6.45, 7) is 0. The number of unbranched alkanes of at least 4 members (excludes halogenated alkanes) is 1. The number of primary amides is 1.